The lowest BCUT2D eigenvalue weighted by Gasteiger charge is -2.13. The molecule has 0 radical (unpaired) electrons. The first-order chi connectivity index (χ1) is 12.3. The minimum atomic E-state index is -3.68. The van der Waals surface area contributed by atoms with Gasteiger partial charge >= 0.3 is 0 Å². The second-order valence-electron chi connectivity index (χ2n) is 6.39. The Balaban J connectivity index is 1.86. The van der Waals surface area contributed by atoms with Crippen LogP contribution in [-0.2, 0) is 16.6 Å². The van der Waals surface area contributed by atoms with Gasteiger partial charge in [-0.2, -0.15) is 4.68 Å². The number of benzene rings is 2. The number of tetrazole rings is 1. The molecule has 7 nitrogen and oxygen atoms in total. The lowest BCUT2D eigenvalue weighted by molar-refractivity contribution is 0.576. The van der Waals surface area contributed by atoms with Gasteiger partial charge in [0.2, 0.25) is 10.0 Å². The summed E-state index contributed by atoms with van der Waals surface area (Å²) in [6.07, 6.45) is 0. The van der Waals surface area contributed by atoms with Crippen molar-refractivity contribution in [3.05, 3.63) is 64.5 Å². The molecule has 0 unspecified atom stereocenters. The number of sulfonamides is 1. The summed E-state index contributed by atoms with van der Waals surface area (Å²) in [6.45, 7) is 7.52. The maximum atomic E-state index is 12.8. The van der Waals surface area contributed by atoms with Crippen molar-refractivity contribution in [1.82, 2.24) is 24.9 Å². The van der Waals surface area contributed by atoms with Gasteiger partial charge in [-0.15, -0.1) is 5.10 Å². The smallest absolute Gasteiger partial charge is 0.207 e. The van der Waals surface area contributed by atoms with E-state index in [4.69, 9.17) is 0 Å². The van der Waals surface area contributed by atoms with Crippen LogP contribution in [0.4, 0.5) is 0 Å². The third-order valence-electron chi connectivity index (χ3n) is 4.11. The summed E-state index contributed by atoms with van der Waals surface area (Å²) in [7, 11) is -3.68. The van der Waals surface area contributed by atoms with E-state index in [1.807, 2.05) is 50.2 Å². The zero-order chi connectivity index (χ0) is 18.9. The molecule has 8 heteroatoms. The minimum absolute atomic E-state index is 0.00400. The van der Waals surface area contributed by atoms with Crippen molar-refractivity contribution >= 4 is 10.0 Å². The van der Waals surface area contributed by atoms with Gasteiger partial charge in [-0.25, -0.2) is 13.1 Å². The first kappa shape index (κ1) is 18.2. The maximum Gasteiger partial charge on any atom is 0.241 e. The molecule has 136 valence electrons. The fraction of sp³-hybridized carbons (Fsp3) is 0.278. The Kier molecular flexibility index (Phi) is 4.88. The fourth-order valence-corrected chi connectivity index (χ4v) is 4.45. The second kappa shape index (κ2) is 6.97. The number of nitrogens with zero attached hydrogens (tertiary/aromatic N) is 4. The molecule has 0 aliphatic rings. The van der Waals surface area contributed by atoms with Crippen LogP contribution >= 0.6 is 0 Å². The predicted octanol–water partition coefficient (Wildman–Crippen LogP) is 2.37. The van der Waals surface area contributed by atoms with E-state index in [1.165, 1.54) is 4.68 Å². The number of rotatable bonds is 5. The topological polar surface area (TPSA) is 89.8 Å². The van der Waals surface area contributed by atoms with Crippen molar-refractivity contribution in [2.75, 3.05) is 0 Å². The zero-order valence-electron chi connectivity index (χ0n) is 15.2. The Hall–Kier alpha value is -2.58. The quantitative estimate of drug-likeness (QED) is 0.744. The van der Waals surface area contributed by atoms with E-state index in [2.05, 4.69) is 20.2 Å². The second-order valence-corrected chi connectivity index (χ2v) is 8.10. The summed E-state index contributed by atoms with van der Waals surface area (Å²) in [4.78, 5) is 0.303. The molecule has 0 spiro atoms. The molecule has 1 N–H and O–H groups in total. The van der Waals surface area contributed by atoms with Crippen LogP contribution in [0.2, 0.25) is 0 Å². The molecule has 0 aliphatic carbocycles. The molecule has 0 bridgehead atoms. The van der Waals surface area contributed by atoms with Gasteiger partial charge in [0.05, 0.1) is 17.1 Å². The molecule has 1 aromatic heterocycles. The molecule has 26 heavy (non-hydrogen) atoms. The van der Waals surface area contributed by atoms with Crippen LogP contribution in [0, 0.1) is 27.7 Å². The van der Waals surface area contributed by atoms with Gasteiger partial charge in [0, 0.05) is 0 Å². The van der Waals surface area contributed by atoms with Crippen LogP contribution in [0.3, 0.4) is 0 Å². The fourth-order valence-electron chi connectivity index (χ4n) is 3.02. The summed E-state index contributed by atoms with van der Waals surface area (Å²) in [5, 5.41) is 11.6. The molecule has 0 amide bonds. The summed E-state index contributed by atoms with van der Waals surface area (Å²) >= 11 is 0. The lowest BCUT2D eigenvalue weighted by atomic mass is 10.1. The molecular formula is C18H21N5O2S. The Morgan fingerprint density at radius 1 is 0.962 bits per heavy atom. The third kappa shape index (κ3) is 3.66. The molecule has 3 rings (SSSR count). The lowest BCUT2D eigenvalue weighted by Crippen LogP contribution is -2.26. The average Bonchev–Trinajstić information content (AvgIpc) is 3.01. The number of hydrogen-bond acceptors (Lipinski definition) is 5. The van der Waals surface area contributed by atoms with Gasteiger partial charge in [0.25, 0.3) is 0 Å². The first-order valence-electron chi connectivity index (χ1n) is 8.20. The Labute approximate surface area is 153 Å². The molecule has 0 fully saturated rings. The normalized spacial score (nSPS) is 11.7. The SMILES string of the molecule is Cc1ccc(-n2nnnc2CNS(=O)(=O)c2c(C)cc(C)cc2C)cc1. The van der Waals surface area contributed by atoms with E-state index in [0.29, 0.717) is 21.8 Å². The average molecular weight is 371 g/mol. The first-order valence-corrected chi connectivity index (χ1v) is 9.68. The molecule has 2 aromatic carbocycles. The molecule has 1 heterocycles. The van der Waals surface area contributed by atoms with E-state index in [9.17, 15) is 8.42 Å². The summed E-state index contributed by atoms with van der Waals surface area (Å²) < 4.78 is 29.7. The van der Waals surface area contributed by atoms with Crippen LogP contribution < -0.4 is 4.72 Å². The van der Waals surface area contributed by atoms with Crippen molar-refractivity contribution in [2.24, 2.45) is 0 Å². The van der Waals surface area contributed by atoms with Crippen molar-refractivity contribution < 1.29 is 8.42 Å². The summed E-state index contributed by atoms with van der Waals surface area (Å²) in [5.41, 5.74) is 4.36. The zero-order valence-corrected chi connectivity index (χ0v) is 16.0. The number of nitrogens with one attached hydrogen (secondary N) is 1. The molecule has 3 aromatic rings. The standard InChI is InChI=1S/C18H21N5O2S/c1-12-5-7-16(8-6-12)23-17(20-21-22-23)11-19-26(24,25)18-14(3)9-13(2)10-15(18)4/h5-10,19H,11H2,1-4H3. The number of aryl methyl sites for hydroxylation is 4. The van der Waals surface area contributed by atoms with Gasteiger partial charge in [0.15, 0.2) is 5.82 Å². The van der Waals surface area contributed by atoms with Crippen LogP contribution in [0.1, 0.15) is 28.1 Å². The van der Waals surface area contributed by atoms with Gasteiger partial charge in [-0.3, -0.25) is 0 Å². The van der Waals surface area contributed by atoms with Gasteiger partial charge in [-0.05, 0) is 61.4 Å². The van der Waals surface area contributed by atoms with Crippen molar-refractivity contribution in [3.8, 4) is 5.69 Å². The van der Waals surface area contributed by atoms with E-state index in [1.54, 1.807) is 13.8 Å². The Bertz CT molecular complexity index is 1020. The van der Waals surface area contributed by atoms with E-state index >= 15 is 0 Å². The van der Waals surface area contributed by atoms with E-state index < -0.39 is 10.0 Å². The van der Waals surface area contributed by atoms with Gasteiger partial charge in [-0.1, -0.05) is 35.4 Å². The molecule has 0 saturated carbocycles. The van der Waals surface area contributed by atoms with Gasteiger partial charge in [0.1, 0.15) is 0 Å². The largest absolute Gasteiger partial charge is 0.241 e. The highest BCUT2D eigenvalue weighted by molar-refractivity contribution is 7.89. The third-order valence-corrected chi connectivity index (χ3v) is 5.81. The highest BCUT2D eigenvalue weighted by Gasteiger charge is 2.21. The molecule has 0 atom stereocenters. The van der Waals surface area contributed by atoms with Gasteiger partial charge < -0.3 is 0 Å². The minimum Gasteiger partial charge on any atom is -0.207 e. The molecule has 0 saturated heterocycles. The van der Waals surface area contributed by atoms with Crippen LogP contribution in [0.5, 0.6) is 0 Å². The number of hydrogen-bond donors (Lipinski definition) is 1. The Morgan fingerprint density at radius 3 is 2.19 bits per heavy atom. The maximum absolute atomic E-state index is 12.8. The highest BCUT2D eigenvalue weighted by atomic mass is 32.2. The number of aromatic nitrogens is 4. The van der Waals surface area contributed by atoms with E-state index in [-0.39, 0.29) is 6.54 Å². The van der Waals surface area contributed by atoms with Crippen LogP contribution in [0.15, 0.2) is 41.3 Å². The van der Waals surface area contributed by atoms with Crippen molar-refractivity contribution in [3.63, 3.8) is 0 Å². The Morgan fingerprint density at radius 2 is 1.58 bits per heavy atom. The monoisotopic (exact) mass is 371 g/mol. The van der Waals surface area contributed by atoms with Crippen molar-refractivity contribution in [1.29, 1.82) is 0 Å². The summed E-state index contributed by atoms with van der Waals surface area (Å²) in [5.74, 6) is 0.417. The highest BCUT2D eigenvalue weighted by Crippen LogP contribution is 2.21. The van der Waals surface area contributed by atoms with Crippen LogP contribution in [-0.4, -0.2) is 28.6 Å². The molecular weight excluding hydrogens is 350 g/mol. The molecule has 0 aliphatic heterocycles. The summed E-state index contributed by atoms with van der Waals surface area (Å²) in [6, 6.07) is 11.4. The van der Waals surface area contributed by atoms with E-state index in [0.717, 1.165) is 16.8 Å². The predicted molar refractivity (Wildman–Crippen MR) is 98.6 cm³/mol. The van der Waals surface area contributed by atoms with Crippen LogP contribution in [0.25, 0.3) is 5.69 Å². The van der Waals surface area contributed by atoms with Crippen molar-refractivity contribution in [2.45, 2.75) is 39.1 Å².